The number of hydrogen-bond donors (Lipinski definition) is 1. The second-order valence-electron chi connectivity index (χ2n) is 7.94. The molecule has 0 aliphatic rings. The summed E-state index contributed by atoms with van der Waals surface area (Å²) < 4.78 is 36.7. The van der Waals surface area contributed by atoms with Crippen LogP contribution in [0.4, 0.5) is 5.69 Å². The van der Waals surface area contributed by atoms with Crippen molar-refractivity contribution in [1.29, 1.82) is 0 Å². The van der Waals surface area contributed by atoms with Crippen LogP contribution in [0.15, 0.2) is 42.5 Å². The Morgan fingerprint density at radius 2 is 1.67 bits per heavy atom. The molecule has 2 rings (SSSR count). The molecular formula is C23H31N3O6S. The Kier molecular flexibility index (Phi) is 8.69. The lowest BCUT2D eigenvalue weighted by molar-refractivity contribution is -0.119. The Labute approximate surface area is 195 Å². The Morgan fingerprint density at radius 3 is 2.18 bits per heavy atom. The van der Waals surface area contributed by atoms with Crippen molar-refractivity contribution in [3.8, 4) is 11.5 Å². The number of carbonyl (C=O) groups is 2. The van der Waals surface area contributed by atoms with Gasteiger partial charge in [0, 0.05) is 26.2 Å². The SMILES string of the molecule is COc1cc(CNC(=O)CN(c2ccc(C(=O)N(C)C)cc2)S(C)(=O)=O)ccc1OC(C)C. The fraction of sp³-hybridized carbons (Fsp3) is 0.391. The second-order valence-corrected chi connectivity index (χ2v) is 9.85. The Morgan fingerprint density at radius 1 is 1.03 bits per heavy atom. The first kappa shape index (κ1) is 26.0. The Hall–Kier alpha value is -3.27. The van der Waals surface area contributed by atoms with Gasteiger partial charge in [0.2, 0.25) is 15.9 Å². The Bertz CT molecular complexity index is 1080. The van der Waals surface area contributed by atoms with Gasteiger partial charge in [-0.15, -0.1) is 0 Å². The number of nitrogens with one attached hydrogen (secondary N) is 1. The zero-order chi connectivity index (χ0) is 24.8. The topological polar surface area (TPSA) is 105 Å². The quantitative estimate of drug-likeness (QED) is 0.563. The fourth-order valence-electron chi connectivity index (χ4n) is 2.99. The molecular weight excluding hydrogens is 446 g/mol. The van der Waals surface area contributed by atoms with Crippen molar-refractivity contribution >= 4 is 27.5 Å². The molecule has 0 aromatic heterocycles. The van der Waals surface area contributed by atoms with Crippen LogP contribution in [0.2, 0.25) is 0 Å². The molecule has 0 fully saturated rings. The number of benzene rings is 2. The average Bonchev–Trinajstić information content (AvgIpc) is 2.75. The van der Waals surface area contributed by atoms with E-state index in [0.29, 0.717) is 22.7 Å². The normalized spacial score (nSPS) is 11.1. The zero-order valence-electron chi connectivity index (χ0n) is 19.8. The van der Waals surface area contributed by atoms with Gasteiger partial charge in [0.05, 0.1) is 25.2 Å². The van der Waals surface area contributed by atoms with E-state index in [1.165, 1.54) is 36.3 Å². The van der Waals surface area contributed by atoms with Gasteiger partial charge in [0.25, 0.3) is 5.91 Å². The highest BCUT2D eigenvalue weighted by molar-refractivity contribution is 7.92. The van der Waals surface area contributed by atoms with E-state index in [4.69, 9.17) is 9.47 Å². The van der Waals surface area contributed by atoms with Gasteiger partial charge in [-0.3, -0.25) is 13.9 Å². The smallest absolute Gasteiger partial charge is 0.253 e. The van der Waals surface area contributed by atoms with Crippen molar-refractivity contribution in [2.75, 3.05) is 38.3 Å². The molecule has 180 valence electrons. The molecule has 0 spiro atoms. The summed E-state index contributed by atoms with van der Waals surface area (Å²) in [7, 11) is 1.06. The predicted octanol–water partition coefficient (Wildman–Crippen LogP) is 2.27. The van der Waals surface area contributed by atoms with Crippen molar-refractivity contribution in [3.63, 3.8) is 0 Å². The number of anilines is 1. The van der Waals surface area contributed by atoms with Gasteiger partial charge < -0.3 is 19.7 Å². The largest absolute Gasteiger partial charge is 0.493 e. The van der Waals surface area contributed by atoms with E-state index < -0.39 is 22.5 Å². The number of rotatable bonds is 10. The van der Waals surface area contributed by atoms with Gasteiger partial charge in [-0.05, 0) is 55.8 Å². The van der Waals surface area contributed by atoms with Crippen LogP contribution in [0.3, 0.4) is 0 Å². The van der Waals surface area contributed by atoms with Crippen molar-refractivity contribution < 1.29 is 27.5 Å². The first-order valence-corrected chi connectivity index (χ1v) is 12.2. The standard InChI is InChI=1S/C23H31N3O6S/c1-16(2)32-20-12-7-17(13-21(20)31-5)14-24-22(27)15-26(33(6,29)30)19-10-8-18(9-11-19)23(28)25(3)4/h7-13,16H,14-15H2,1-6H3,(H,24,27). The van der Waals surface area contributed by atoms with E-state index >= 15 is 0 Å². The van der Waals surface area contributed by atoms with Crippen LogP contribution in [-0.4, -0.2) is 65.2 Å². The summed E-state index contributed by atoms with van der Waals surface area (Å²) >= 11 is 0. The van der Waals surface area contributed by atoms with Crippen LogP contribution < -0.4 is 19.1 Å². The minimum atomic E-state index is -3.73. The minimum absolute atomic E-state index is 0.0125. The molecule has 0 saturated heterocycles. The van der Waals surface area contributed by atoms with Crippen LogP contribution in [0.5, 0.6) is 11.5 Å². The first-order valence-electron chi connectivity index (χ1n) is 10.3. The lowest BCUT2D eigenvalue weighted by Gasteiger charge is -2.22. The molecule has 0 unspecified atom stereocenters. The highest BCUT2D eigenvalue weighted by atomic mass is 32.2. The van der Waals surface area contributed by atoms with Crippen molar-refractivity contribution in [2.45, 2.75) is 26.5 Å². The molecule has 10 heteroatoms. The molecule has 0 atom stereocenters. The van der Waals surface area contributed by atoms with Crippen molar-refractivity contribution in [2.24, 2.45) is 0 Å². The highest BCUT2D eigenvalue weighted by Crippen LogP contribution is 2.29. The molecule has 0 saturated carbocycles. The van der Waals surface area contributed by atoms with E-state index in [9.17, 15) is 18.0 Å². The lowest BCUT2D eigenvalue weighted by atomic mass is 10.2. The van der Waals surface area contributed by atoms with Crippen LogP contribution in [0.1, 0.15) is 29.8 Å². The third-order valence-electron chi connectivity index (χ3n) is 4.58. The van der Waals surface area contributed by atoms with Gasteiger partial charge >= 0.3 is 0 Å². The summed E-state index contributed by atoms with van der Waals surface area (Å²) in [4.78, 5) is 26.0. The van der Waals surface area contributed by atoms with E-state index in [-0.39, 0.29) is 18.6 Å². The van der Waals surface area contributed by atoms with E-state index in [1.807, 2.05) is 13.8 Å². The Balaban J connectivity index is 2.10. The van der Waals surface area contributed by atoms with E-state index in [0.717, 1.165) is 16.1 Å². The number of methoxy groups -OCH3 is 1. The molecule has 0 aliphatic carbocycles. The van der Waals surface area contributed by atoms with Crippen LogP contribution in [0.25, 0.3) is 0 Å². The molecule has 2 amide bonds. The summed E-state index contributed by atoms with van der Waals surface area (Å²) in [5, 5.41) is 2.73. The first-order chi connectivity index (χ1) is 15.4. The number of amides is 2. The summed E-state index contributed by atoms with van der Waals surface area (Å²) in [6, 6.07) is 11.4. The maximum absolute atomic E-state index is 12.5. The van der Waals surface area contributed by atoms with Gasteiger partial charge in [-0.1, -0.05) is 6.07 Å². The van der Waals surface area contributed by atoms with Gasteiger partial charge in [-0.25, -0.2) is 8.42 Å². The number of ether oxygens (including phenoxy) is 2. The molecule has 33 heavy (non-hydrogen) atoms. The van der Waals surface area contributed by atoms with Gasteiger partial charge in [0.1, 0.15) is 6.54 Å². The molecule has 2 aromatic carbocycles. The third-order valence-corrected chi connectivity index (χ3v) is 5.72. The van der Waals surface area contributed by atoms with Gasteiger partial charge in [0.15, 0.2) is 11.5 Å². The highest BCUT2D eigenvalue weighted by Gasteiger charge is 2.21. The van der Waals surface area contributed by atoms with Crippen LogP contribution in [0, 0.1) is 0 Å². The summed E-state index contributed by atoms with van der Waals surface area (Å²) in [6.07, 6.45) is 1.01. The molecule has 2 aromatic rings. The zero-order valence-corrected chi connectivity index (χ0v) is 20.6. The predicted molar refractivity (Wildman–Crippen MR) is 127 cm³/mol. The van der Waals surface area contributed by atoms with Crippen molar-refractivity contribution in [3.05, 3.63) is 53.6 Å². The molecule has 0 bridgehead atoms. The second kappa shape index (κ2) is 11.0. The fourth-order valence-corrected chi connectivity index (χ4v) is 3.85. The third kappa shape index (κ3) is 7.38. The lowest BCUT2D eigenvalue weighted by Crippen LogP contribution is -2.40. The number of hydrogen-bond acceptors (Lipinski definition) is 6. The minimum Gasteiger partial charge on any atom is -0.493 e. The molecule has 1 N–H and O–H groups in total. The van der Waals surface area contributed by atoms with Crippen LogP contribution >= 0.6 is 0 Å². The summed E-state index contributed by atoms with van der Waals surface area (Å²) in [5.41, 5.74) is 1.48. The van der Waals surface area contributed by atoms with Crippen molar-refractivity contribution in [1.82, 2.24) is 10.2 Å². The maximum Gasteiger partial charge on any atom is 0.253 e. The molecule has 0 aliphatic heterocycles. The number of sulfonamides is 1. The summed E-state index contributed by atoms with van der Waals surface area (Å²) in [6.45, 7) is 3.61. The van der Waals surface area contributed by atoms with E-state index in [2.05, 4.69) is 5.32 Å². The number of carbonyl (C=O) groups excluding carboxylic acids is 2. The average molecular weight is 478 g/mol. The molecule has 9 nitrogen and oxygen atoms in total. The molecule has 0 heterocycles. The van der Waals surface area contributed by atoms with E-state index in [1.54, 1.807) is 32.3 Å². The number of nitrogens with zero attached hydrogens (tertiary/aromatic N) is 2. The van der Waals surface area contributed by atoms with Gasteiger partial charge in [-0.2, -0.15) is 0 Å². The summed E-state index contributed by atoms with van der Waals surface area (Å²) in [5.74, 6) is 0.461. The monoisotopic (exact) mass is 477 g/mol. The maximum atomic E-state index is 12.5. The van der Waals surface area contributed by atoms with Crippen LogP contribution in [-0.2, 0) is 21.4 Å². The molecule has 0 radical (unpaired) electrons.